The molecule has 2 aromatic rings. The van der Waals surface area contributed by atoms with Crippen molar-refractivity contribution in [3.8, 4) is 0 Å². The average Bonchev–Trinajstić information content (AvgIpc) is 3.51. The highest BCUT2D eigenvalue weighted by Crippen LogP contribution is 2.56. The maximum Gasteiger partial charge on any atom is 0.260 e. The molecular weight excluding hydrogens is 496 g/mol. The van der Waals surface area contributed by atoms with Crippen LogP contribution in [0.2, 0.25) is 5.02 Å². The van der Waals surface area contributed by atoms with Gasteiger partial charge in [0, 0.05) is 41.0 Å². The van der Waals surface area contributed by atoms with E-state index in [1.54, 1.807) is 12.4 Å². The Morgan fingerprint density at radius 1 is 1.18 bits per heavy atom. The van der Waals surface area contributed by atoms with Gasteiger partial charge >= 0.3 is 0 Å². The molecule has 2 aromatic heterocycles. The average molecular weight is 523 g/mol. The van der Waals surface area contributed by atoms with Crippen molar-refractivity contribution in [1.29, 1.82) is 0 Å². The van der Waals surface area contributed by atoms with E-state index in [0.717, 1.165) is 43.6 Å². The molecule has 2 saturated carbocycles. The van der Waals surface area contributed by atoms with Gasteiger partial charge in [0.05, 0.1) is 43.4 Å². The number of fused-ring (bicyclic) bond motifs is 2. The predicted octanol–water partition coefficient (Wildman–Crippen LogP) is 3.08. The van der Waals surface area contributed by atoms with Crippen molar-refractivity contribution in [1.82, 2.24) is 19.9 Å². The molecule has 182 valence electrons. The van der Waals surface area contributed by atoms with Gasteiger partial charge in [-0.1, -0.05) is 11.6 Å². The second-order valence-corrected chi connectivity index (χ2v) is 14.4. The highest BCUT2D eigenvalue weighted by Gasteiger charge is 2.55. The molecule has 0 radical (unpaired) electrons. The van der Waals surface area contributed by atoms with Gasteiger partial charge in [-0.3, -0.25) is 4.21 Å². The van der Waals surface area contributed by atoms with Crippen molar-refractivity contribution in [2.45, 2.75) is 66.7 Å². The number of rotatable bonds is 5. The molecule has 0 bridgehead atoms. The van der Waals surface area contributed by atoms with E-state index in [1.807, 2.05) is 0 Å². The predicted molar refractivity (Wildman–Crippen MR) is 130 cm³/mol. The molecular formula is C22H27ClN6O3S2. The Balaban J connectivity index is 1.32. The largest absolute Gasteiger partial charge is 0.394 e. The van der Waals surface area contributed by atoms with Crippen LogP contribution in [-0.4, -0.2) is 62.9 Å². The summed E-state index contributed by atoms with van der Waals surface area (Å²) >= 11 is 5.90. The first-order valence-corrected chi connectivity index (χ1v) is 15.3. The van der Waals surface area contributed by atoms with Crippen molar-refractivity contribution in [3.05, 3.63) is 28.9 Å². The summed E-state index contributed by atoms with van der Waals surface area (Å²) in [5.74, 6) is 2.93. The minimum absolute atomic E-state index is 0.0130. The first kappa shape index (κ1) is 22.8. The zero-order valence-electron chi connectivity index (χ0n) is 18.7. The van der Waals surface area contributed by atoms with Crippen LogP contribution in [0.25, 0.3) is 0 Å². The number of anilines is 1. The second-order valence-electron chi connectivity index (χ2n) is 10.0. The summed E-state index contributed by atoms with van der Waals surface area (Å²) in [4.78, 5) is 18.6. The summed E-state index contributed by atoms with van der Waals surface area (Å²) in [5.41, 5.74) is 0.188. The topological polar surface area (TPSA) is 130 Å². The van der Waals surface area contributed by atoms with E-state index in [2.05, 4.69) is 24.6 Å². The van der Waals surface area contributed by atoms with Crippen LogP contribution in [0, 0.1) is 0 Å². The quantitative estimate of drug-likeness (QED) is 0.612. The summed E-state index contributed by atoms with van der Waals surface area (Å²) in [6, 6.07) is 0. The number of halogens is 1. The molecule has 1 atom stereocenters. The van der Waals surface area contributed by atoms with E-state index in [1.165, 1.54) is 0 Å². The summed E-state index contributed by atoms with van der Waals surface area (Å²) in [5, 5.41) is 13.8. The Kier molecular flexibility index (Phi) is 5.47. The number of aliphatic hydroxyl groups is 1. The van der Waals surface area contributed by atoms with E-state index in [4.69, 9.17) is 16.6 Å². The number of hydrogen-bond donors (Lipinski definition) is 2. The molecule has 6 rings (SSSR count). The number of aliphatic hydroxyl groups excluding tert-OH is 1. The van der Waals surface area contributed by atoms with Crippen LogP contribution in [-0.2, 0) is 25.9 Å². The number of hydrogen-bond acceptors (Lipinski definition) is 9. The third-order valence-corrected chi connectivity index (χ3v) is 11.8. The Morgan fingerprint density at radius 2 is 1.88 bits per heavy atom. The highest BCUT2D eigenvalue weighted by molar-refractivity contribution is 7.93. The molecule has 4 aliphatic rings. The van der Waals surface area contributed by atoms with Crippen molar-refractivity contribution >= 4 is 43.9 Å². The molecule has 0 amide bonds. The third kappa shape index (κ3) is 3.94. The summed E-state index contributed by atoms with van der Waals surface area (Å²) in [7, 11) is -3.72. The molecule has 2 N–H and O–H groups in total. The van der Waals surface area contributed by atoms with Crippen LogP contribution in [0.4, 0.5) is 11.8 Å². The molecule has 0 aromatic carbocycles. The minimum atomic E-state index is -2.53. The lowest BCUT2D eigenvalue weighted by Gasteiger charge is -2.41. The minimum Gasteiger partial charge on any atom is -0.394 e. The zero-order chi connectivity index (χ0) is 23.6. The highest BCUT2D eigenvalue weighted by atomic mass is 35.5. The molecule has 3 fully saturated rings. The van der Waals surface area contributed by atoms with Gasteiger partial charge in [0.2, 0.25) is 0 Å². The molecule has 1 saturated heterocycles. The van der Waals surface area contributed by atoms with E-state index < -0.39 is 26.1 Å². The van der Waals surface area contributed by atoms with E-state index in [0.29, 0.717) is 45.8 Å². The molecule has 34 heavy (non-hydrogen) atoms. The van der Waals surface area contributed by atoms with Crippen LogP contribution >= 0.6 is 11.6 Å². The van der Waals surface area contributed by atoms with Gasteiger partial charge in [0.25, 0.3) is 5.95 Å². The van der Waals surface area contributed by atoms with Gasteiger partial charge < -0.3 is 10.4 Å². The van der Waals surface area contributed by atoms with Gasteiger partial charge in [0.1, 0.15) is 16.5 Å². The van der Waals surface area contributed by atoms with Crippen LogP contribution in [0.15, 0.2) is 21.7 Å². The maximum absolute atomic E-state index is 13.6. The fourth-order valence-corrected chi connectivity index (χ4v) is 9.20. The molecule has 2 aliphatic heterocycles. The van der Waals surface area contributed by atoms with Crippen molar-refractivity contribution < 1.29 is 13.5 Å². The van der Waals surface area contributed by atoms with Gasteiger partial charge in [-0.2, -0.15) is 9.35 Å². The Hall–Kier alpha value is -1.69. The van der Waals surface area contributed by atoms with Crippen molar-refractivity contribution in [2.24, 2.45) is 4.36 Å². The number of aromatic nitrogens is 4. The Morgan fingerprint density at radius 3 is 2.47 bits per heavy atom. The lowest BCUT2D eigenvalue weighted by molar-refractivity contribution is 0.143. The number of nitrogens with zero attached hydrogens (tertiary/aromatic N) is 5. The fraction of sp³-hybridized carbons (Fsp3) is 0.636. The standard InChI is InChI=1S/C22H27ClN6O3S2/c23-15-10-24-18(25-11-15)14-2-8-34(32,9-3-14)29-20-26-17-16(33(31)13-21(17)6-7-21)19(27-20)28-22(12-30)4-1-5-22/h10-11,14,30H,1-9,12-13H2,(H,26,27,28)/t14?,33-,34?/m0/s1. The first-order chi connectivity index (χ1) is 16.3. The van der Waals surface area contributed by atoms with Crippen molar-refractivity contribution in [2.75, 3.05) is 29.2 Å². The molecule has 4 heterocycles. The molecule has 9 nitrogen and oxygen atoms in total. The van der Waals surface area contributed by atoms with Crippen LogP contribution in [0.1, 0.15) is 62.4 Å². The molecule has 12 heteroatoms. The Labute approximate surface area is 206 Å². The van der Waals surface area contributed by atoms with Crippen LogP contribution in [0.3, 0.4) is 0 Å². The fourth-order valence-electron chi connectivity index (χ4n) is 5.17. The van der Waals surface area contributed by atoms with Gasteiger partial charge in [-0.05, 0) is 44.9 Å². The lowest BCUT2D eigenvalue weighted by atomic mass is 9.77. The maximum atomic E-state index is 13.6. The van der Waals surface area contributed by atoms with Gasteiger partial charge in [-0.15, -0.1) is 0 Å². The van der Waals surface area contributed by atoms with Crippen LogP contribution < -0.4 is 5.32 Å². The van der Waals surface area contributed by atoms with E-state index in [9.17, 15) is 13.5 Å². The van der Waals surface area contributed by atoms with Crippen molar-refractivity contribution in [3.63, 3.8) is 0 Å². The monoisotopic (exact) mass is 522 g/mol. The second kappa shape index (κ2) is 8.18. The lowest BCUT2D eigenvalue weighted by Crippen LogP contribution is -2.48. The Bertz CT molecular complexity index is 1270. The normalized spacial score (nSPS) is 30.4. The zero-order valence-corrected chi connectivity index (χ0v) is 21.1. The van der Waals surface area contributed by atoms with E-state index >= 15 is 0 Å². The van der Waals surface area contributed by atoms with Crippen LogP contribution in [0.5, 0.6) is 0 Å². The summed E-state index contributed by atoms with van der Waals surface area (Å²) < 4.78 is 31.2. The number of nitrogens with one attached hydrogen (secondary N) is 1. The smallest absolute Gasteiger partial charge is 0.260 e. The summed E-state index contributed by atoms with van der Waals surface area (Å²) in [6.07, 6.45) is 9.10. The summed E-state index contributed by atoms with van der Waals surface area (Å²) in [6.45, 7) is -0.0130. The third-order valence-electron chi connectivity index (χ3n) is 7.67. The molecule has 1 spiro atoms. The van der Waals surface area contributed by atoms with E-state index in [-0.39, 0.29) is 23.9 Å². The first-order valence-electron chi connectivity index (χ1n) is 11.7. The molecule has 2 aliphatic carbocycles. The SMILES string of the molecule is O=[S@]1CC2(CC2)c2nc(N=S3(=O)CCC(c4ncc(Cl)cn4)CC3)nc(NC3(CO)CCC3)c21. The molecule has 0 unspecified atom stereocenters. The van der Waals surface area contributed by atoms with Gasteiger partial charge in [0.15, 0.2) is 0 Å². The van der Waals surface area contributed by atoms with Gasteiger partial charge in [-0.25, -0.2) is 19.2 Å².